The van der Waals surface area contributed by atoms with Gasteiger partial charge in [0.15, 0.2) is 5.76 Å². The number of furan rings is 1. The molecule has 10 heteroatoms. The van der Waals surface area contributed by atoms with E-state index >= 15 is 0 Å². The molecule has 0 radical (unpaired) electrons. The van der Waals surface area contributed by atoms with Crippen molar-refractivity contribution in [1.82, 2.24) is 9.62 Å². The van der Waals surface area contributed by atoms with Gasteiger partial charge in [-0.2, -0.15) is 4.31 Å². The van der Waals surface area contributed by atoms with E-state index in [1.54, 1.807) is 18.2 Å². The second-order valence-corrected chi connectivity index (χ2v) is 8.08. The highest BCUT2D eigenvalue weighted by atomic mass is 35.5. The van der Waals surface area contributed by atoms with Gasteiger partial charge >= 0.3 is 0 Å². The Balaban J connectivity index is 1.69. The average Bonchev–Trinajstić information content (AvgIpc) is 3.18. The van der Waals surface area contributed by atoms with Crippen LogP contribution < -0.4 is 10.1 Å². The summed E-state index contributed by atoms with van der Waals surface area (Å²) in [5.41, 5.74) is 0.686. The Morgan fingerprint density at radius 2 is 2.00 bits per heavy atom. The van der Waals surface area contributed by atoms with Crippen LogP contribution in [0.4, 0.5) is 0 Å². The van der Waals surface area contributed by atoms with Crippen molar-refractivity contribution in [2.75, 3.05) is 33.4 Å². The number of methoxy groups -OCH3 is 1. The molecule has 2 aromatic rings. The van der Waals surface area contributed by atoms with Crippen LogP contribution in [-0.4, -0.2) is 52.0 Å². The number of amides is 1. The zero-order chi connectivity index (χ0) is 19.4. The van der Waals surface area contributed by atoms with Crippen LogP contribution in [0, 0.1) is 0 Å². The zero-order valence-electron chi connectivity index (χ0n) is 14.6. The highest BCUT2D eigenvalue weighted by molar-refractivity contribution is 7.89. The summed E-state index contributed by atoms with van der Waals surface area (Å²) in [4.78, 5) is 12.3. The summed E-state index contributed by atoms with van der Waals surface area (Å²) < 4.78 is 42.0. The second kappa shape index (κ2) is 8.30. The first kappa shape index (κ1) is 19.7. The molecule has 0 aliphatic carbocycles. The smallest absolute Gasteiger partial charge is 0.287 e. The van der Waals surface area contributed by atoms with Gasteiger partial charge in [0, 0.05) is 30.2 Å². The van der Waals surface area contributed by atoms with Gasteiger partial charge in [-0.3, -0.25) is 4.79 Å². The maximum atomic E-state index is 12.5. The molecule has 1 fully saturated rings. The largest absolute Gasteiger partial charge is 0.496 e. The van der Waals surface area contributed by atoms with Crippen LogP contribution >= 0.6 is 11.6 Å². The number of nitrogens with zero attached hydrogens (tertiary/aromatic N) is 1. The highest BCUT2D eigenvalue weighted by Crippen LogP contribution is 2.23. The summed E-state index contributed by atoms with van der Waals surface area (Å²) in [6, 6.07) is 7.67. The van der Waals surface area contributed by atoms with Crippen molar-refractivity contribution in [3.8, 4) is 5.75 Å². The lowest BCUT2D eigenvalue weighted by Crippen LogP contribution is -2.40. The van der Waals surface area contributed by atoms with Gasteiger partial charge in [-0.15, -0.1) is 0 Å². The lowest BCUT2D eigenvalue weighted by atomic mass is 10.2. The van der Waals surface area contributed by atoms with E-state index in [-0.39, 0.29) is 30.5 Å². The lowest BCUT2D eigenvalue weighted by molar-refractivity contribution is 0.0722. The molecule has 1 saturated heterocycles. The third-order valence-electron chi connectivity index (χ3n) is 4.05. The molecule has 1 aliphatic heterocycles. The van der Waals surface area contributed by atoms with Gasteiger partial charge in [0.05, 0.1) is 20.3 Å². The van der Waals surface area contributed by atoms with Crippen LogP contribution in [0.5, 0.6) is 5.75 Å². The van der Waals surface area contributed by atoms with Gasteiger partial charge in [0.25, 0.3) is 15.9 Å². The van der Waals surface area contributed by atoms with Crippen LogP contribution in [-0.2, 0) is 21.3 Å². The molecule has 1 aliphatic rings. The number of nitrogens with one attached hydrogen (secondary N) is 1. The predicted molar refractivity (Wildman–Crippen MR) is 97.5 cm³/mol. The number of ether oxygens (including phenoxy) is 2. The van der Waals surface area contributed by atoms with E-state index in [4.69, 9.17) is 25.5 Å². The molecule has 0 atom stereocenters. The van der Waals surface area contributed by atoms with E-state index in [0.717, 1.165) is 0 Å². The van der Waals surface area contributed by atoms with Crippen molar-refractivity contribution in [1.29, 1.82) is 0 Å². The first-order chi connectivity index (χ1) is 12.9. The Kier molecular flexibility index (Phi) is 6.05. The topological polar surface area (TPSA) is 98.1 Å². The molecule has 0 saturated carbocycles. The van der Waals surface area contributed by atoms with Crippen molar-refractivity contribution in [3.05, 3.63) is 46.7 Å². The lowest BCUT2D eigenvalue weighted by Gasteiger charge is -2.24. The molecular weight excluding hydrogens is 396 g/mol. The van der Waals surface area contributed by atoms with Gasteiger partial charge in [-0.05, 0) is 30.3 Å². The molecule has 0 spiro atoms. The summed E-state index contributed by atoms with van der Waals surface area (Å²) in [7, 11) is -2.27. The molecule has 0 bridgehead atoms. The molecule has 1 amide bonds. The molecule has 3 rings (SSSR count). The molecule has 27 heavy (non-hydrogen) atoms. The number of halogens is 1. The fourth-order valence-electron chi connectivity index (χ4n) is 2.64. The SMILES string of the molecule is COc1ccc(Cl)cc1CNC(=O)c1ccc(S(=O)(=O)N2CCOCC2)o1. The van der Waals surface area contributed by atoms with Gasteiger partial charge in [0.2, 0.25) is 5.09 Å². The van der Waals surface area contributed by atoms with Crippen LogP contribution in [0.3, 0.4) is 0 Å². The number of rotatable bonds is 6. The normalized spacial score (nSPS) is 15.5. The number of carbonyl (C=O) groups excluding carboxylic acids is 1. The first-order valence-corrected chi connectivity index (χ1v) is 10.0. The summed E-state index contributed by atoms with van der Waals surface area (Å²) >= 11 is 5.97. The third kappa shape index (κ3) is 4.44. The van der Waals surface area contributed by atoms with Crippen LogP contribution in [0.25, 0.3) is 0 Å². The minimum Gasteiger partial charge on any atom is -0.496 e. The van der Waals surface area contributed by atoms with Crippen LogP contribution in [0.2, 0.25) is 5.02 Å². The Morgan fingerprint density at radius 1 is 1.26 bits per heavy atom. The number of sulfonamides is 1. The summed E-state index contributed by atoms with van der Waals surface area (Å²) in [6.07, 6.45) is 0. The quantitative estimate of drug-likeness (QED) is 0.775. The average molecular weight is 415 g/mol. The molecule has 8 nitrogen and oxygen atoms in total. The van der Waals surface area contributed by atoms with Crippen molar-refractivity contribution < 1.29 is 27.1 Å². The fourth-order valence-corrected chi connectivity index (χ4v) is 4.16. The van der Waals surface area contributed by atoms with Crippen LogP contribution in [0.15, 0.2) is 39.8 Å². The predicted octanol–water partition coefficient (Wildman–Crippen LogP) is 1.89. The molecule has 1 N–H and O–H groups in total. The third-order valence-corrected chi connectivity index (χ3v) is 6.06. The minimum atomic E-state index is -3.79. The van der Waals surface area contributed by atoms with E-state index in [1.165, 1.54) is 23.5 Å². The molecule has 146 valence electrons. The van der Waals surface area contributed by atoms with E-state index in [9.17, 15) is 13.2 Å². The monoisotopic (exact) mass is 414 g/mol. The van der Waals surface area contributed by atoms with Gasteiger partial charge in [-0.25, -0.2) is 8.42 Å². The number of hydrogen-bond donors (Lipinski definition) is 1. The van der Waals surface area contributed by atoms with E-state index in [1.807, 2.05) is 0 Å². The van der Waals surface area contributed by atoms with Crippen molar-refractivity contribution in [2.24, 2.45) is 0 Å². The standard InChI is InChI=1S/C17H19ClN2O6S/c1-24-14-3-2-13(18)10-12(14)11-19-17(21)15-4-5-16(26-15)27(22,23)20-6-8-25-9-7-20/h2-5,10H,6-9,11H2,1H3,(H,19,21). The van der Waals surface area contributed by atoms with Crippen molar-refractivity contribution in [2.45, 2.75) is 11.6 Å². The Bertz CT molecular complexity index is 921. The van der Waals surface area contributed by atoms with Crippen molar-refractivity contribution in [3.63, 3.8) is 0 Å². The Labute approximate surface area is 162 Å². The fraction of sp³-hybridized carbons (Fsp3) is 0.353. The molecular formula is C17H19ClN2O6S. The zero-order valence-corrected chi connectivity index (χ0v) is 16.2. The van der Waals surface area contributed by atoms with Gasteiger partial charge in [0.1, 0.15) is 5.75 Å². The molecule has 1 aromatic heterocycles. The maximum absolute atomic E-state index is 12.5. The molecule has 2 heterocycles. The van der Waals surface area contributed by atoms with Crippen LogP contribution in [0.1, 0.15) is 16.1 Å². The summed E-state index contributed by atoms with van der Waals surface area (Å²) in [6.45, 7) is 1.30. The summed E-state index contributed by atoms with van der Waals surface area (Å²) in [5.74, 6) is -0.0574. The number of morpholine rings is 1. The number of hydrogen-bond acceptors (Lipinski definition) is 6. The second-order valence-electron chi connectivity index (χ2n) is 5.77. The first-order valence-electron chi connectivity index (χ1n) is 8.20. The minimum absolute atomic E-state index is 0.0946. The number of carbonyl (C=O) groups is 1. The van der Waals surface area contributed by atoms with Gasteiger partial charge in [-0.1, -0.05) is 11.6 Å². The van der Waals surface area contributed by atoms with E-state index < -0.39 is 15.9 Å². The van der Waals surface area contributed by atoms with Crippen molar-refractivity contribution >= 4 is 27.5 Å². The summed E-state index contributed by atoms with van der Waals surface area (Å²) in [5, 5.41) is 2.90. The van der Waals surface area contributed by atoms with E-state index in [2.05, 4.69) is 5.32 Å². The highest BCUT2D eigenvalue weighted by Gasteiger charge is 2.30. The van der Waals surface area contributed by atoms with Gasteiger partial charge < -0.3 is 19.2 Å². The Hall–Kier alpha value is -2.07. The van der Waals surface area contributed by atoms with E-state index in [0.29, 0.717) is 29.5 Å². The maximum Gasteiger partial charge on any atom is 0.287 e. The number of benzene rings is 1. The molecule has 0 unspecified atom stereocenters. The Morgan fingerprint density at radius 3 is 2.70 bits per heavy atom. The molecule has 1 aromatic carbocycles.